The Balaban J connectivity index is 2.25. The van der Waals surface area contributed by atoms with Gasteiger partial charge in [-0.25, -0.2) is 9.97 Å². The Morgan fingerprint density at radius 1 is 1.25 bits per heavy atom. The molecular weight excluding hydrogens is 426 g/mol. The number of pyridine rings is 2. The largest absolute Gasteiger partial charge is 0.503 e. The van der Waals surface area contributed by atoms with Crippen LogP contribution in [0.15, 0.2) is 52.5 Å². The van der Waals surface area contributed by atoms with E-state index in [2.05, 4.69) is 25.9 Å². The van der Waals surface area contributed by atoms with Crippen LogP contribution >= 0.6 is 15.9 Å². The summed E-state index contributed by atoms with van der Waals surface area (Å²) in [7, 11) is 1.46. The maximum atomic E-state index is 13.2. The Bertz CT molecular complexity index is 964. The van der Waals surface area contributed by atoms with E-state index in [-0.39, 0.29) is 17.2 Å². The number of rotatable bonds is 4. The van der Waals surface area contributed by atoms with Crippen LogP contribution in [0.25, 0.3) is 0 Å². The van der Waals surface area contributed by atoms with Crippen molar-refractivity contribution in [3.05, 3.63) is 58.0 Å². The fourth-order valence-corrected chi connectivity index (χ4v) is 3.30. The smallest absolute Gasteiger partial charge is 0.295 e. The van der Waals surface area contributed by atoms with Gasteiger partial charge in [0.2, 0.25) is 5.88 Å². The van der Waals surface area contributed by atoms with Gasteiger partial charge in [-0.2, -0.15) is 0 Å². The van der Waals surface area contributed by atoms with Crippen LogP contribution in [0.4, 0.5) is 5.82 Å². The fourth-order valence-electron chi connectivity index (χ4n) is 3.06. The molecule has 3 heterocycles. The van der Waals surface area contributed by atoms with Gasteiger partial charge in [0.05, 0.1) is 12.7 Å². The lowest BCUT2D eigenvalue weighted by molar-refractivity contribution is -0.123. The molecule has 0 radical (unpaired) electrons. The van der Waals surface area contributed by atoms with Gasteiger partial charge in [-0.15, -0.1) is 0 Å². The highest BCUT2D eigenvalue weighted by Crippen LogP contribution is 2.44. The number of amides is 1. The molecule has 0 aromatic carbocycles. The summed E-state index contributed by atoms with van der Waals surface area (Å²) in [5, 5.41) is 10.6. The van der Waals surface area contributed by atoms with Crippen molar-refractivity contribution in [3.63, 3.8) is 0 Å². The minimum Gasteiger partial charge on any atom is -0.503 e. The summed E-state index contributed by atoms with van der Waals surface area (Å²) in [4.78, 5) is 35.9. The molecule has 0 spiro atoms. The first-order valence-electron chi connectivity index (χ1n) is 8.58. The summed E-state index contributed by atoms with van der Waals surface area (Å²) in [6.45, 7) is 5.20. The number of anilines is 1. The maximum absolute atomic E-state index is 13.2. The van der Waals surface area contributed by atoms with Crippen LogP contribution in [-0.2, 0) is 9.59 Å². The SMILES string of the molecule is COc1ncccc1C1C(C(=O)C(C)(C)C)=C(O)C(=O)N1c1ccc(Br)cn1. The number of ether oxygens (including phenoxy) is 1. The van der Waals surface area contributed by atoms with Crippen LogP contribution in [0.1, 0.15) is 32.4 Å². The van der Waals surface area contributed by atoms with Crippen LogP contribution in [0.2, 0.25) is 0 Å². The van der Waals surface area contributed by atoms with Crippen LogP contribution in [0.3, 0.4) is 0 Å². The van der Waals surface area contributed by atoms with Crippen molar-refractivity contribution < 1.29 is 19.4 Å². The molecule has 0 fully saturated rings. The lowest BCUT2D eigenvalue weighted by Gasteiger charge is -2.28. The molecule has 0 saturated heterocycles. The Hall–Kier alpha value is -2.74. The Kier molecular flexibility index (Phi) is 5.25. The number of aliphatic hydroxyl groups is 1. The maximum Gasteiger partial charge on any atom is 0.295 e. The van der Waals surface area contributed by atoms with E-state index < -0.39 is 23.1 Å². The first kappa shape index (κ1) is 20.0. The van der Waals surface area contributed by atoms with Gasteiger partial charge in [0.25, 0.3) is 5.91 Å². The van der Waals surface area contributed by atoms with E-state index in [4.69, 9.17) is 4.74 Å². The van der Waals surface area contributed by atoms with Crippen LogP contribution in [0, 0.1) is 5.41 Å². The number of ketones is 1. The predicted molar refractivity (Wildman–Crippen MR) is 107 cm³/mol. The van der Waals surface area contributed by atoms with E-state index in [0.29, 0.717) is 11.4 Å². The monoisotopic (exact) mass is 445 g/mol. The van der Waals surface area contributed by atoms with Crippen molar-refractivity contribution >= 4 is 33.4 Å². The molecule has 1 atom stereocenters. The van der Waals surface area contributed by atoms with E-state index in [1.54, 1.807) is 57.4 Å². The van der Waals surface area contributed by atoms with Crippen molar-refractivity contribution in [1.29, 1.82) is 0 Å². The normalized spacial score (nSPS) is 17.2. The average Bonchev–Trinajstić information content (AvgIpc) is 2.92. The van der Waals surface area contributed by atoms with Crippen molar-refractivity contribution in [1.82, 2.24) is 9.97 Å². The van der Waals surface area contributed by atoms with Gasteiger partial charge in [-0.05, 0) is 40.2 Å². The molecule has 0 bridgehead atoms. The van der Waals surface area contributed by atoms with Gasteiger partial charge in [-0.1, -0.05) is 20.8 Å². The minimum atomic E-state index is -0.906. The number of Topliss-reactive ketones (excluding diaryl/α,β-unsaturated/α-hetero) is 1. The topological polar surface area (TPSA) is 92.6 Å². The third-order valence-electron chi connectivity index (χ3n) is 4.38. The molecule has 2 aromatic heterocycles. The van der Waals surface area contributed by atoms with Crippen molar-refractivity contribution in [2.45, 2.75) is 26.8 Å². The summed E-state index contributed by atoms with van der Waals surface area (Å²) >= 11 is 3.32. The number of hydrogen-bond donors (Lipinski definition) is 1. The lowest BCUT2D eigenvalue weighted by atomic mass is 9.82. The third kappa shape index (κ3) is 3.40. The summed E-state index contributed by atoms with van der Waals surface area (Å²) in [5.74, 6) is -1.06. The van der Waals surface area contributed by atoms with Gasteiger partial charge >= 0.3 is 0 Å². The number of carbonyl (C=O) groups excluding carboxylic acids is 2. The molecule has 8 heteroatoms. The third-order valence-corrected chi connectivity index (χ3v) is 4.85. The molecule has 1 aliphatic heterocycles. The molecule has 3 rings (SSSR count). The molecule has 1 amide bonds. The summed E-state index contributed by atoms with van der Waals surface area (Å²) in [6.07, 6.45) is 3.09. The number of nitrogens with zero attached hydrogens (tertiary/aromatic N) is 3. The van der Waals surface area contributed by atoms with Gasteiger partial charge in [-0.3, -0.25) is 14.5 Å². The highest BCUT2D eigenvalue weighted by Gasteiger charge is 2.48. The molecule has 0 aliphatic carbocycles. The predicted octanol–water partition coefficient (Wildman–Crippen LogP) is 3.76. The molecule has 0 saturated carbocycles. The molecule has 28 heavy (non-hydrogen) atoms. The van der Waals surface area contributed by atoms with Gasteiger partial charge in [0, 0.05) is 27.8 Å². The second-order valence-electron chi connectivity index (χ2n) is 7.36. The molecule has 146 valence electrons. The zero-order valence-corrected chi connectivity index (χ0v) is 17.5. The highest BCUT2D eigenvalue weighted by molar-refractivity contribution is 9.10. The molecule has 7 nitrogen and oxygen atoms in total. The highest BCUT2D eigenvalue weighted by atomic mass is 79.9. The molecule has 1 N–H and O–H groups in total. The van der Waals surface area contributed by atoms with Gasteiger partial charge in [0.15, 0.2) is 11.5 Å². The van der Waals surface area contributed by atoms with Crippen LogP contribution < -0.4 is 9.64 Å². The Morgan fingerprint density at radius 3 is 2.54 bits per heavy atom. The first-order chi connectivity index (χ1) is 13.2. The second kappa shape index (κ2) is 7.35. The summed E-state index contributed by atoms with van der Waals surface area (Å²) in [6, 6.07) is 5.86. The van der Waals surface area contributed by atoms with Gasteiger partial charge < -0.3 is 9.84 Å². The van der Waals surface area contributed by atoms with E-state index >= 15 is 0 Å². The van der Waals surface area contributed by atoms with Crippen LogP contribution in [0.5, 0.6) is 5.88 Å². The Morgan fingerprint density at radius 2 is 1.96 bits per heavy atom. The second-order valence-corrected chi connectivity index (χ2v) is 8.27. The van der Waals surface area contributed by atoms with E-state index in [1.807, 2.05) is 0 Å². The Labute approximate surface area is 171 Å². The number of methoxy groups -OCH3 is 1. The van der Waals surface area contributed by atoms with E-state index in [1.165, 1.54) is 12.0 Å². The fraction of sp³-hybridized carbons (Fsp3) is 0.300. The zero-order valence-electron chi connectivity index (χ0n) is 15.9. The van der Waals surface area contributed by atoms with E-state index in [9.17, 15) is 14.7 Å². The standard InChI is InChI=1S/C20H20BrN3O4/c1-20(2,3)17(26)14-15(12-6-5-9-22-18(12)28-4)24(19(27)16(14)25)13-8-7-11(21)10-23-13/h5-10,15,25H,1-4H3. The number of hydrogen-bond acceptors (Lipinski definition) is 6. The number of halogens is 1. The minimum absolute atomic E-state index is 0.00789. The zero-order chi connectivity index (χ0) is 20.6. The molecule has 1 unspecified atom stereocenters. The lowest BCUT2D eigenvalue weighted by Crippen LogP contribution is -2.33. The van der Waals surface area contributed by atoms with Crippen molar-refractivity contribution in [3.8, 4) is 5.88 Å². The summed E-state index contributed by atoms with van der Waals surface area (Å²) in [5.41, 5.74) is -0.311. The average molecular weight is 446 g/mol. The van der Waals surface area contributed by atoms with Crippen LogP contribution in [-0.4, -0.2) is 33.9 Å². The molecular formula is C20H20BrN3O4. The number of aliphatic hydroxyl groups excluding tert-OH is 1. The van der Waals surface area contributed by atoms with E-state index in [0.717, 1.165) is 4.47 Å². The number of carbonyl (C=O) groups is 2. The van der Waals surface area contributed by atoms with Gasteiger partial charge in [0.1, 0.15) is 11.9 Å². The molecule has 1 aliphatic rings. The number of aromatic nitrogens is 2. The molecule has 2 aromatic rings. The summed E-state index contributed by atoms with van der Waals surface area (Å²) < 4.78 is 6.09. The quantitative estimate of drug-likeness (QED) is 0.769. The van der Waals surface area contributed by atoms with Crippen molar-refractivity contribution in [2.75, 3.05) is 12.0 Å². The first-order valence-corrected chi connectivity index (χ1v) is 9.38. The van der Waals surface area contributed by atoms with Crippen molar-refractivity contribution in [2.24, 2.45) is 5.41 Å².